The first-order valence-corrected chi connectivity index (χ1v) is 10.1. The largest absolute Gasteiger partial charge is 0.494 e. The SMILES string of the molecule is CCOc1ccc(NC(=O)CN(c2ccc3c(c2)OCO3)S(C)(=O)=O)cc1. The van der Waals surface area contributed by atoms with Crippen molar-refractivity contribution >= 4 is 27.3 Å². The van der Waals surface area contributed by atoms with Crippen LogP contribution in [0.2, 0.25) is 0 Å². The number of rotatable bonds is 7. The van der Waals surface area contributed by atoms with E-state index in [4.69, 9.17) is 14.2 Å². The summed E-state index contributed by atoms with van der Waals surface area (Å²) in [7, 11) is -3.68. The predicted molar refractivity (Wildman–Crippen MR) is 101 cm³/mol. The van der Waals surface area contributed by atoms with E-state index < -0.39 is 15.9 Å². The molecule has 2 aromatic rings. The number of amides is 1. The number of carbonyl (C=O) groups is 1. The smallest absolute Gasteiger partial charge is 0.245 e. The molecule has 0 fully saturated rings. The monoisotopic (exact) mass is 392 g/mol. The van der Waals surface area contributed by atoms with Crippen LogP contribution in [0.5, 0.6) is 17.2 Å². The fourth-order valence-corrected chi connectivity index (χ4v) is 3.42. The van der Waals surface area contributed by atoms with Gasteiger partial charge in [0.1, 0.15) is 12.3 Å². The van der Waals surface area contributed by atoms with Crippen LogP contribution in [0.15, 0.2) is 42.5 Å². The van der Waals surface area contributed by atoms with Crippen molar-refractivity contribution in [1.82, 2.24) is 0 Å². The van der Waals surface area contributed by atoms with Crippen molar-refractivity contribution in [1.29, 1.82) is 0 Å². The minimum Gasteiger partial charge on any atom is -0.494 e. The molecular formula is C18H20N2O6S. The summed E-state index contributed by atoms with van der Waals surface area (Å²) >= 11 is 0. The molecule has 1 amide bonds. The maximum atomic E-state index is 12.4. The highest BCUT2D eigenvalue weighted by atomic mass is 32.2. The van der Waals surface area contributed by atoms with Crippen LogP contribution >= 0.6 is 0 Å². The van der Waals surface area contributed by atoms with Gasteiger partial charge in [0, 0.05) is 11.8 Å². The normalized spacial score (nSPS) is 12.5. The Balaban J connectivity index is 1.74. The molecule has 2 aromatic carbocycles. The molecule has 0 spiro atoms. The molecule has 0 aromatic heterocycles. The van der Waals surface area contributed by atoms with Gasteiger partial charge in [-0.05, 0) is 43.3 Å². The van der Waals surface area contributed by atoms with E-state index in [1.807, 2.05) is 6.92 Å². The van der Waals surface area contributed by atoms with Crippen molar-refractivity contribution in [2.75, 3.05) is 35.8 Å². The number of carbonyl (C=O) groups excluding carboxylic acids is 1. The highest BCUT2D eigenvalue weighted by molar-refractivity contribution is 7.92. The van der Waals surface area contributed by atoms with Crippen molar-refractivity contribution in [2.45, 2.75) is 6.92 Å². The molecule has 1 aliphatic rings. The van der Waals surface area contributed by atoms with Gasteiger partial charge in [-0.25, -0.2) is 8.42 Å². The number of fused-ring (bicyclic) bond motifs is 1. The Labute approximate surface area is 157 Å². The molecule has 27 heavy (non-hydrogen) atoms. The minimum atomic E-state index is -3.68. The summed E-state index contributed by atoms with van der Waals surface area (Å²) in [5.74, 6) is 1.19. The summed E-state index contributed by atoms with van der Waals surface area (Å²) in [4.78, 5) is 12.4. The Bertz CT molecular complexity index is 927. The number of hydrogen-bond donors (Lipinski definition) is 1. The third-order valence-electron chi connectivity index (χ3n) is 3.78. The van der Waals surface area contributed by atoms with E-state index in [9.17, 15) is 13.2 Å². The summed E-state index contributed by atoms with van der Waals surface area (Å²) in [6.07, 6.45) is 1.04. The third kappa shape index (κ3) is 4.62. The predicted octanol–water partition coefficient (Wildman–Crippen LogP) is 2.22. The lowest BCUT2D eigenvalue weighted by Gasteiger charge is -2.22. The lowest BCUT2D eigenvalue weighted by molar-refractivity contribution is -0.114. The first kappa shape index (κ1) is 18.8. The fourth-order valence-electron chi connectivity index (χ4n) is 2.57. The molecular weight excluding hydrogens is 372 g/mol. The van der Waals surface area contributed by atoms with Crippen LogP contribution in [0.1, 0.15) is 6.92 Å². The molecule has 1 N–H and O–H groups in total. The zero-order valence-electron chi connectivity index (χ0n) is 15.0. The second-order valence-corrected chi connectivity index (χ2v) is 7.72. The van der Waals surface area contributed by atoms with Gasteiger partial charge in [-0.15, -0.1) is 0 Å². The number of ether oxygens (including phenoxy) is 3. The van der Waals surface area contributed by atoms with Crippen LogP contribution in [0, 0.1) is 0 Å². The van der Waals surface area contributed by atoms with Gasteiger partial charge in [-0.3, -0.25) is 9.10 Å². The van der Waals surface area contributed by atoms with Gasteiger partial charge in [0.05, 0.1) is 18.6 Å². The van der Waals surface area contributed by atoms with Crippen LogP contribution in [-0.4, -0.2) is 40.5 Å². The molecule has 0 atom stereocenters. The molecule has 3 rings (SSSR count). The minimum absolute atomic E-state index is 0.0793. The van der Waals surface area contributed by atoms with Gasteiger partial charge < -0.3 is 19.5 Å². The van der Waals surface area contributed by atoms with Gasteiger partial charge in [0.15, 0.2) is 11.5 Å². The molecule has 1 aliphatic heterocycles. The van der Waals surface area contributed by atoms with Crippen LogP contribution in [-0.2, 0) is 14.8 Å². The summed E-state index contributed by atoms with van der Waals surface area (Å²) in [6.45, 7) is 2.14. The summed E-state index contributed by atoms with van der Waals surface area (Å²) in [5.41, 5.74) is 0.867. The van der Waals surface area contributed by atoms with Crippen LogP contribution in [0.25, 0.3) is 0 Å². The van der Waals surface area contributed by atoms with Crippen LogP contribution < -0.4 is 23.8 Å². The van der Waals surface area contributed by atoms with Crippen molar-refractivity contribution in [2.24, 2.45) is 0 Å². The number of benzene rings is 2. The second kappa shape index (κ2) is 7.75. The van der Waals surface area contributed by atoms with E-state index >= 15 is 0 Å². The average molecular weight is 392 g/mol. The molecule has 0 saturated carbocycles. The molecule has 0 aliphatic carbocycles. The van der Waals surface area contributed by atoms with Crippen molar-refractivity contribution < 1.29 is 27.4 Å². The lowest BCUT2D eigenvalue weighted by Crippen LogP contribution is -2.37. The Morgan fingerprint density at radius 1 is 1.15 bits per heavy atom. The van der Waals surface area contributed by atoms with Gasteiger partial charge in [0.2, 0.25) is 22.7 Å². The van der Waals surface area contributed by atoms with E-state index in [-0.39, 0.29) is 13.3 Å². The van der Waals surface area contributed by atoms with Gasteiger partial charge in [0.25, 0.3) is 0 Å². The first-order chi connectivity index (χ1) is 12.9. The highest BCUT2D eigenvalue weighted by Gasteiger charge is 2.23. The molecule has 8 nitrogen and oxygen atoms in total. The second-order valence-electron chi connectivity index (χ2n) is 5.81. The number of hydrogen-bond acceptors (Lipinski definition) is 6. The van der Waals surface area contributed by atoms with Crippen LogP contribution in [0.4, 0.5) is 11.4 Å². The number of anilines is 2. The molecule has 0 unspecified atom stereocenters. The van der Waals surface area contributed by atoms with Crippen molar-refractivity contribution in [3.63, 3.8) is 0 Å². The first-order valence-electron chi connectivity index (χ1n) is 8.27. The zero-order valence-corrected chi connectivity index (χ0v) is 15.8. The van der Waals surface area contributed by atoms with E-state index in [1.165, 1.54) is 6.07 Å². The topological polar surface area (TPSA) is 94.2 Å². The van der Waals surface area contributed by atoms with Crippen molar-refractivity contribution in [3.05, 3.63) is 42.5 Å². The van der Waals surface area contributed by atoms with E-state index in [2.05, 4.69) is 5.32 Å². The van der Waals surface area contributed by atoms with Gasteiger partial charge in [-0.2, -0.15) is 0 Å². The Morgan fingerprint density at radius 3 is 2.52 bits per heavy atom. The Morgan fingerprint density at radius 2 is 1.85 bits per heavy atom. The Hall–Kier alpha value is -2.94. The third-order valence-corrected chi connectivity index (χ3v) is 4.92. The van der Waals surface area contributed by atoms with E-state index in [1.54, 1.807) is 36.4 Å². The molecule has 0 bridgehead atoms. The number of nitrogens with one attached hydrogen (secondary N) is 1. The lowest BCUT2D eigenvalue weighted by atomic mass is 10.2. The maximum Gasteiger partial charge on any atom is 0.245 e. The van der Waals surface area contributed by atoms with Crippen molar-refractivity contribution in [3.8, 4) is 17.2 Å². The molecule has 144 valence electrons. The standard InChI is InChI=1S/C18H20N2O6S/c1-3-24-15-7-4-13(5-8-15)19-18(21)11-20(27(2,22)23)14-6-9-16-17(10-14)26-12-25-16/h4-10H,3,11-12H2,1-2H3,(H,19,21). The molecule has 1 heterocycles. The molecule has 0 radical (unpaired) electrons. The molecule has 0 saturated heterocycles. The van der Waals surface area contributed by atoms with Gasteiger partial charge >= 0.3 is 0 Å². The summed E-state index contributed by atoms with van der Waals surface area (Å²) in [6, 6.07) is 11.5. The van der Waals surface area contributed by atoms with Crippen LogP contribution in [0.3, 0.4) is 0 Å². The molecule has 9 heteroatoms. The quantitative estimate of drug-likeness (QED) is 0.777. The summed E-state index contributed by atoms with van der Waals surface area (Å²) < 4.78 is 41.3. The highest BCUT2D eigenvalue weighted by Crippen LogP contribution is 2.36. The van der Waals surface area contributed by atoms with E-state index in [0.29, 0.717) is 35.2 Å². The zero-order chi connectivity index (χ0) is 19.4. The number of sulfonamides is 1. The number of nitrogens with zero attached hydrogens (tertiary/aromatic N) is 1. The van der Waals surface area contributed by atoms with Gasteiger partial charge in [-0.1, -0.05) is 0 Å². The Kier molecular flexibility index (Phi) is 5.41. The fraction of sp³-hybridized carbons (Fsp3) is 0.278. The van der Waals surface area contributed by atoms with E-state index in [0.717, 1.165) is 10.6 Å². The summed E-state index contributed by atoms with van der Waals surface area (Å²) in [5, 5.41) is 2.68. The maximum absolute atomic E-state index is 12.4. The average Bonchev–Trinajstić information content (AvgIpc) is 3.08.